The molecule has 0 aromatic rings. The van der Waals surface area contributed by atoms with Gasteiger partial charge in [-0.05, 0) is 116 Å². The van der Waals surface area contributed by atoms with E-state index in [-0.39, 0.29) is 6.10 Å². The minimum atomic E-state index is -0.0823. The summed E-state index contributed by atoms with van der Waals surface area (Å²) in [6.45, 7) is 17.7. The van der Waals surface area contributed by atoms with Gasteiger partial charge in [-0.15, -0.1) is 0 Å². The van der Waals surface area contributed by atoms with E-state index in [4.69, 9.17) is 0 Å². The van der Waals surface area contributed by atoms with E-state index in [1.807, 2.05) is 0 Å². The number of aliphatic hydroxyl groups excluding tert-OH is 1. The Balaban J connectivity index is 1.51. The Labute approximate surface area is 187 Å². The van der Waals surface area contributed by atoms with E-state index < -0.39 is 0 Å². The molecule has 1 heteroatoms. The lowest BCUT2D eigenvalue weighted by molar-refractivity contribution is -0.0608. The molecule has 4 aliphatic carbocycles. The lowest BCUT2D eigenvalue weighted by Crippen LogP contribution is -2.51. The predicted molar refractivity (Wildman–Crippen MR) is 128 cm³/mol. The van der Waals surface area contributed by atoms with Gasteiger partial charge in [0, 0.05) is 0 Å². The quantitative estimate of drug-likeness (QED) is 0.454. The second-order valence-corrected chi connectivity index (χ2v) is 13.2. The van der Waals surface area contributed by atoms with Crippen LogP contribution in [0.25, 0.3) is 0 Å². The monoisotopic (exact) mass is 414 g/mol. The Hall–Kier alpha value is -0.300. The summed E-state index contributed by atoms with van der Waals surface area (Å²) in [5.74, 6) is 6.96. The summed E-state index contributed by atoms with van der Waals surface area (Å²) in [5.41, 5.74) is 2.56. The van der Waals surface area contributed by atoms with Crippen molar-refractivity contribution in [2.75, 3.05) is 0 Å². The van der Waals surface area contributed by atoms with Crippen molar-refractivity contribution >= 4 is 0 Å². The Morgan fingerprint density at radius 3 is 2.37 bits per heavy atom. The lowest BCUT2D eigenvalue weighted by atomic mass is 9.46. The number of aliphatic hydroxyl groups is 1. The SMILES string of the molecule is CC(C)[C@@H](C)C[C@H](C)[C@@H](C)[C@H]1CC[C@H]2[C@@H]3CC=C4C[C@@H](O)CC[C@]4(C)[C@H]3CC[C@]12C. The molecule has 0 saturated heterocycles. The Kier molecular flexibility index (Phi) is 6.28. The molecule has 3 saturated carbocycles. The van der Waals surface area contributed by atoms with Gasteiger partial charge in [-0.25, -0.2) is 0 Å². The molecule has 4 aliphatic rings. The van der Waals surface area contributed by atoms with Gasteiger partial charge in [0.05, 0.1) is 6.10 Å². The van der Waals surface area contributed by atoms with Gasteiger partial charge in [0.1, 0.15) is 0 Å². The number of hydrogen-bond donors (Lipinski definition) is 1. The molecule has 0 radical (unpaired) electrons. The number of hydrogen-bond acceptors (Lipinski definition) is 1. The van der Waals surface area contributed by atoms with Gasteiger partial charge in [0.2, 0.25) is 0 Å². The van der Waals surface area contributed by atoms with Crippen molar-refractivity contribution in [1.29, 1.82) is 0 Å². The molecule has 1 nitrogen and oxygen atoms in total. The molecular formula is C29H50O. The molecule has 0 amide bonds. The normalized spacial score (nSPS) is 46.4. The summed E-state index contributed by atoms with van der Waals surface area (Å²) >= 11 is 0. The van der Waals surface area contributed by atoms with Crippen LogP contribution in [0.5, 0.6) is 0 Å². The molecule has 0 bridgehead atoms. The number of rotatable bonds is 5. The van der Waals surface area contributed by atoms with E-state index in [0.29, 0.717) is 10.8 Å². The van der Waals surface area contributed by atoms with Crippen LogP contribution in [-0.4, -0.2) is 11.2 Å². The molecule has 0 unspecified atom stereocenters. The zero-order chi connectivity index (χ0) is 21.8. The van der Waals surface area contributed by atoms with Gasteiger partial charge < -0.3 is 5.11 Å². The fourth-order valence-electron chi connectivity index (χ4n) is 9.02. The first-order chi connectivity index (χ1) is 14.1. The van der Waals surface area contributed by atoms with Crippen LogP contribution in [0.1, 0.15) is 106 Å². The van der Waals surface area contributed by atoms with E-state index >= 15 is 0 Å². The summed E-state index contributed by atoms with van der Waals surface area (Å²) in [6.07, 6.45) is 14.2. The van der Waals surface area contributed by atoms with Gasteiger partial charge >= 0.3 is 0 Å². The molecule has 0 aliphatic heterocycles. The summed E-state index contributed by atoms with van der Waals surface area (Å²) in [7, 11) is 0. The van der Waals surface area contributed by atoms with Crippen molar-refractivity contribution in [2.24, 2.45) is 58.2 Å². The van der Waals surface area contributed by atoms with Gasteiger partial charge in [-0.1, -0.05) is 60.1 Å². The third kappa shape index (κ3) is 3.64. The van der Waals surface area contributed by atoms with Crippen molar-refractivity contribution in [2.45, 2.75) is 112 Å². The minimum absolute atomic E-state index is 0.0823. The number of fused-ring (bicyclic) bond motifs is 5. The van der Waals surface area contributed by atoms with Crippen LogP contribution in [0.2, 0.25) is 0 Å². The van der Waals surface area contributed by atoms with Crippen LogP contribution in [0.15, 0.2) is 11.6 Å². The van der Waals surface area contributed by atoms with E-state index in [0.717, 1.165) is 60.2 Å². The maximum atomic E-state index is 10.3. The molecule has 10 atom stereocenters. The smallest absolute Gasteiger partial charge is 0.0577 e. The average molecular weight is 415 g/mol. The summed E-state index contributed by atoms with van der Waals surface area (Å²) in [6, 6.07) is 0. The fourth-order valence-corrected chi connectivity index (χ4v) is 9.02. The van der Waals surface area contributed by atoms with Gasteiger partial charge in [-0.2, -0.15) is 0 Å². The first-order valence-corrected chi connectivity index (χ1v) is 13.5. The second-order valence-electron chi connectivity index (χ2n) is 13.2. The molecule has 4 rings (SSSR count). The molecular weight excluding hydrogens is 364 g/mol. The van der Waals surface area contributed by atoms with Crippen molar-refractivity contribution in [3.63, 3.8) is 0 Å². The zero-order valence-electron chi connectivity index (χ0n) is 21.1. The van der Waals surface area contributed by atoms with Crippen LogP contribution in [-0.2, 0) is 0 Å². The second kappa shape index (κ2) is 8.24. The van der Waals surface area contributed by atoms with E-state index in [9.17, 15) is 5.11 Å². The summed E-state index contributed by atoms with van der Waals surface area (Å²) < 4.78 is 0. The fraction of sp³-hybridized carbons (Fsp3) is 0.931. The highest BCUT2D eigenvalue weighted by Gasteiger charge is 2.59. The van der Waals surface area contributed by atoms with Crippen molar-refractivity contribution < 1.29 is 5.11 Å². The first-order valence-electron chi connectivity index (χ1n) is 13.5. The van der Waals surface area contributed by atoms with Gasteiger partial charge in [0.15, 0.2) is 0 Å². The van der Waals surface area contributed by atoms with Crippen LogP contribution >= 0.6 is 0 Å². The third-order valence-corrected chi connectivity index (χ3v) is 11.6. The highest BCUT2D eigenvalue weighted by Crippen LogP contribution is 2.67. The van der Waals surface area contributed by atoms with Crippen LogP contribution < -0.4 is 0 Å². The summed E-state index contributed by atoms with van der Waals surface area (Å²) in [4.78, 5) is 0. The first kappa shape index (κ1) is 22.9. The maximum absolute atomic E-state index is 10.3. The molecule has 0 heterocycles. The van der Waals surface area contributed by atoms with Crippen LogP contribution in [0, 0.1) is 58.2 Å². The Morgan fingerprint density at radius 1 is 0.933 bits per heavy atom. The van der Waals surface area contributed by atoms with Crippen molar-refractivity contribution in [1.82, 2.24) is 0 Å². The van der Waals surface area contributed by atoms with Crippen LogP contribution in [0.3, 0.4) is 0 Å². The molecule has 0 aromatic carbocycles. The van der Waals surface area contributed by atoms with Crippen LogP contribution in [0.4, 0.5) is 0 Å². The van der Waals surface area contributed by atoms with Crippen molar-refractivity contribution in [3.05, 3.63) is 11.6 Å². The highest BCUT2D eigenvalue weighted by molar-refractivity contribution is 5.25. The molecule has 1 N–H and O–H groups in total. The average Bonchev–Trinajstić information content (AvgIpc) is 3.04. The minimum Gasteiger partial charge on any atom is -0.393 e. The molecule has 3 fully saturated rings. The Morgan fingerprint density at radius 2 is 1.67 bits per heavy atom. The van der Waals surface area contributed by atoms with Gasteiger partial charge in [-0.3, -0.25) is 0 Å². The standard InChI is InChI=1S/C29H50O/c1-18(2)19(3)16-20(4)21(5)25-10-11-26-24-9-8-22-17-23(30)12-14-28(22,6)27(24)13-15-29(25,26)7/h8,18-21,23-27,30H,9-17H2,1-7H3/t19-,20-,21+,23-,24-,25+,26-,27-,28-,29+/m0/s1. The predicted octanol–water partition coefficient (Wildman–Crippen LogP) is 7.88. The molecule has 30 heavy (non-hydrogen) atoms. The van der Waals surface area contributed by atoms with Gasteiger partial charge in [0.25, 0.3) is 0 Å². The zero-order valence-corrected chi connectivity index (χ0v) is 21.1. The molecule has 172 valence electrons. The molecule has 0 spiro atoms. The lowest BCUT2D eigenvalue weighted by Gasteiger charge is -2.58. The largest absolute Gasteiger partial charge is 0.393 e. The Bertz CT molecular complexity index is 649. The highest BCUT2D eigenvalue weighted by atomic mass is 16.3. The summed E-state index contributed by atoms with van der Waals surface area (Å²) in [5, 5.41) is 10.3. The topological polar surface area (TPSA) is 20.2 Å². The van der Waals surface area contributed by atoms with Crippen molar-refractivity contribution in [3.8, 4) is 0 Å². The van der Waals surface area contributed by atoms with E-state index in [1.165, 1.54) is 44.9 Å². The maximum Gasteiger partial charge on any atom is 0.0577 e. The third-order valence-electron chi connectivity index (χ3n) is 11.6. The van der Waals surface area contributed by atoms with E-state index in [1.54, 1.807) is 5.57 Å². The molecule has 0 aromatic heterocycles. The number of allylic oxidation sites excluding steroid dienone is 1. The van der Waals surface area contributed by atoms with E-state index in [2.05, 4.69) is 54.5 Å².